The van der Waals surface area contributed by atoms with E-state index in [1.54, 1.807) is 0 Å². The molecule has 0 aliphatic heterocycles. The second-order valence-electron chi connectivity index (χ2n) is 4.14. The molecule has 3 rings (SSSR count). The summed E-state index contributed by atoms with van der Waals surface area (Å²) in [4.78, 5) is 4.01. The number of hydrogen-bond donors (Lipinski definition) is 2. The lowest BCUT2D eigenvalue weighted by Gasteiger charge is -2.06. The van der Waals surface area contributed by atoms with Gasteiger partial charge in [0.2, 0.25) is 5.95 Å². The van der Waals surface area contributed by atoms with Crippen LogP contribution < -0.4 is 5.32 Å². The third-order valence-corrected chi connectivity index (χ3v) is 2.78. The van der Waals surface area contributed by atoms with Gasteiger partial charge < -0.3 is 5.32 Å². The highest BCUT2D eigenvalue weighted by molar-refractivity contribution is 5.22. The van der Waals surface area contributed by atoms with Gasteiger partial charge in [0.25, 0.3) is 0 Å². The first-order valence-corrected chi connectivity index (χ1v) is 5.52. The average molecular weight is 218 g/mol. The Balaban J connectivity index is 1.62. The standard InChI is InChI=1S/C10H14N6/c1-2-8(1)6-16-9(3-4-14-16)5-11-10-12-7-13-15-10/h3-4,7-8H,1-2,5-6H2,(H2,11,12,13,15). The van der Waals surface area contributed by atoms with E-state index in [-0.39, 0.29) is 0 Å². The van der Waals surface area contributed by atoms with Crippen molar-refractivity contribution in [1.82, 2.24) is 25.0 Å². The largest absolute Gasteiger partial charge is 0.349 e. The molecule has 1 aliphatic carbocycles. The van der Waals surface area contributed by atoms with Crippen molar-refractivity contribution in [3.63, 3.8) is 0 Å². The van der Waals surface area contributed by atoms with E-state index in [2.05, 4.69) is 30.3 Å². The first-order chi connectivity index (χ1) is 7.92. The molecule has 6 nitrogen and oxygen atoms in total. The molecule has 0 atom stereocenters. The van der Waals surface area contributed by atoms with Gasteiger partial charge in [0.05, 0.1) is 12.2 Å². The predicted molar refractivity (Wildman–Crippen MR) is 58.7 cm³/mol. The first-order valence-electron chi connectivity index (χ1n) is 5.52. The summed E-state index contributed by atoms with van der Waals surface area (Å²) >= 11 is 0. The summed E-state index contributed by atoms with van der Waals surface area (Å²) in [6.45, 7) is 1.77. The van der Waals surface area contributed by atoms with Crippen molar-refractivity contribution in [2.24, 2.45) is 5.92 Å². The molecule has 0 amide bonds. The molecule has 84 valence electrons. The van der Waals surface area contributed by atoms with E-state index in [0.717, 1.165) is 19.0 Å². The van der Waals surface area contributed by atoms with Crippen molar-refractivity contribution in [2.75, 3.05) is 5.32 Å². The van der Waals surface area contributed by atoms with E-state index in [1.165, 1.54) is 24.9 Å². The van der Waals surface area contributed by atoms with Gasteiger partial charge >= 0.3 is 0 Å². The summed E-state index contributed by atoms with van der Waals surface area (Å²) in [7, 11) is 0. The summed E-state index contributed by atoms with van der Waals surface area (Å²) in [6.07, 6.45) is 6.02. The summed E-state index contributed by atoms with van der Waals surface area (Å²) < 4.78 is 2.07. The lowest BCUT2D eigenvalue weighted by Crippen LogP contribution is -2.10. The van der Waals surface area contributed by atoms with Gasteiger partial charge in [-0.3, -0.25) is 4.68 Å². The molecule has 0 bridgehead atoms. The van der Waals surface area contributed by atoms with Crippen molar-refractivity contribution < 1.29 is 0 Å². The molecular weight excluding hydrogens is 204 g/mol. The number of aromatic amines is 1. The third kappa shape index (κ3) is 2.05. The SMILES string of the molecule is c1n[nH]c(NCc2ccnn2CC2CC2)n1. The summed E-state index contributed by atoms with van der Waals surface area (Å²) in [5.74, 6) is 1.53. The van der Waals surface area contributed by atoms with E-state index in [1.807, 2.05) is 12.3 Å². The molecule has 1 aliphatic rings. The maximum absolute atomic E-state index is 4.33. The van der Waals surface area contributed by atoms with Crippen molar-refractivity contribution in [2.45, 2.75) is 25.9 Å². The molecule has 16 heavy (non-hydrogen) atoms. The Bertz CT molecular complexity index is 442. The minimum absolute atomic E-state index is 0.694. The fraction of sp³-hybridized carbons (Fsp3) is 0.500. The lowest BCUT2D eigenvalue weighted by molar-refractivity contribution is 0.542. The second-order valence-corrected chi connectivity index (χ2v) is 4.14. The van der Waals surface area contributed by atoms with Crippen LogP contribution in [0.2, 0.25) is 0 Å². The topological polar surface area (TPSA) is 71.4 Å². The van der Waals surface area contributed by atoms with Gasteiger partial charge in [-0.15, -0.1) is 0 Å². The molecule has 1 fully saturated rings. The summed E-state index contributed by atoms with van der Waals surface area (Å²) in [5, 5.41) is 14.0. The fourth-order valence-electron chi connectivity index (χ4n) is 1.68. The van der Waals surface area contributed by atoms with E-state index >= 15 is 0 Å². The van der Waals surface area contributed by atoms with Crippen LogP contribution in [0.3, 0.4) is 0 Å². The number of H-pyrrole nitrogens is 1. The molecule has 6 heteroatoms. The van der Waals surface area contributed by atoms with Crippen LogP contribution in [0, 0.1) is 5.92 Å². The number of anilines is 1. The maximum atomic E-state index is 4.33. The minimum Gasteiger partial charge on any atom is -0.349 e. The van der Waals surface area contributed by atoms with Gasteiger partial charge in [0, 0.05) is 12.7 Å². The molecule has 0 saturated heterocycles. The predicted octanol–water partition coefficient (Wildman–Crippen LogP) is 1.02. The van der Waals surface area contributed by atoms with Crippen molar-refractivity contribution >= 4 is 5.95 Å². The molecule has 0 spiro atoms. The molecule has 2 aromatic heterocycles. The molecular formula is C10H14N6. The quantitative estimate of drug-likeness (QED) is 0.786. The van der Waals surface area contributed by atoms with Crippen LogP contribution in [0.25, 0.3) is 0 Å². The Kier molecular flexibility index (Phi) is 2.32. The average Bonchev–Trinajstić information content (AvgIpc) is 2.80. The van der Waals surface area contributed by atoms with Crippen molar-refractivity contribution in [1.29, 1.82) is 0 Å². The maximum Gasteiger partial charge on any atom is 0.218 e. The third-order valence-electron chi connectivity index (χ3n) is 2.78. The van der Waals surface area contributed by atoms with Crippen LogP contribution in [0.4, 0.5) is 5.95 Å². The zero-order valence-corrected chi connectivity index (χ0v) is 8.93. The highest BCUT2D eigenvalue weighted by atomic mass is 15.3. The van der Waals surface area contributed by atoms with Crippen LogP contribution in [0.1, 0.15) is 18.5 Å². The Morgan fingerprint density at radius 1 is 1.50 bits per heavy atom. The highest BCUT2D eigenvalue weighted by Crippen LogP contribution is 2.30. The molecule has 2 heterocycles. The minimum atomic E-state index is 0.694. The monoisotopic (exact) mass is 218 g/mol. The highest BCUT2D eigenvalue weighted by Gasteiger charge is 2.22. The van der Waals surface area contributed by atoms with Gasteiger partial charge in [0.1, 0.15) is 6.33 Å². The van der Waals surface area contributed by atoms with Gasteiger partial charge in [-0.1, -0.05) is 0 Å². The Morgan fingerprint density at radius 3 is 3.19 bits per heavy atom. The Morgan fingerprint density at radius 2 is 2.44 bits per heavy atom. The van der Waals surface area contributed by atoms with Crippen LogP contribution in [-0.4, -0.2) is 25.0 Å². The summed E-state index contributed by atoms with van der Waals surface area (Å²) in [6, 6.07) is 2.03. The molecule has 2 N–H and O–H groups in total. The fourth-order valence-corrected chi connectivity index (χ4v) is 1.68. The summed E-state index contributed by atoms with van der Waals surface area (Å²) in [5.41, 5.74) is 1.18. The van der Waals surface area contributed by atoms with Crippen LogP contribution in [0.15, 0.2) is 18.6 Å². The molecule has 2 aromatic rings. The zero-order valence-electron chi connectivity index (χ0n) is 8.93. The van der Waals surface area contributed by atoms with E-state index in [9.17, 15) is 0 Å². The van der Waals surface area contributed by atoms with Crippen LogP contribution in [-0.2, 0) is 13.1 Å². The molecule has 0 radical (unpaired) electrons. The molecule has 1 saturated carbocycles. The second kappa shape index (κ2) is 3.96. The molecule has 0 aromatic carbocycles. The Labute approximate surface area is 93.1 Å². The number of aromatic nitrogens is 5. The lowest BCUT2D eigenvalue weighted by atomic mass is 10.4. The molecule has 0 unspecified atom stereocenters. The number of rotatable bonds is 5. The number of hydrogen-bond acceptors (Lipinski definition) is 4. The van der Waals surface area contributed by atoms with Crippen molar-refractivity contribution in [3.8, 4) is 0 Å². The van der Waals surface area contributed by atoms with E-state index in [0.29, 0.717) is 5.95 Å². The first kappa shape index (κ1) is 9.38. The van der Waals surface area contributed by atoms with Gasteiger partial charge in [-0.25, -0.2) is 10.1 Å². The smallest absolute Gasteiger partial charge is 0.218 e. The van der Waals surface area contributed by atoms with E-state index < -0.39 is 0 Å². The van der Waals surface area contributed by atoms with Gasteiger partial charge in [-0.2, -0.15) is 10.2 Å². The number of nitrogens with one attached hydrogen (secondary N) is 2. The van der Waals surface area contributed by atoms with E-state index in [4.69, 9.17) is 0 Å². The Hall–Kier alpha value is -1.85. The number of nitrogens with zero attached hydrogens (tertiary/aromatic N) is 4. The van der Waals surface area contributed by atoms with Crippen LogP contribution >= 0.6 is 0 Å². The van der Waals surface area contributed by atoms with Gasteiger partial charge in [-0.05, 0) is 24.8 Å². The van der Waals surface area contributed by atoms with Gasteiger partial charge in [0.15, 0.2) is 0 Å². The normalized spacial score (nSPS) is 15.2. The van der Waals surface area contributed by atoms with Crippen molar-refractivity contribution in [3.05, 3.63) is 24.3 Å². The zero-order chi connectivity index (χ0) is 10.8. The van der Waals surface area contributed by atoms with Crippen LogP contribution in [0.5, 0.6) is 0 Å².